The second kappa shape index (κ2) is 6.75. The second-order valence-electron chi connectivity index (χ2n) is 5.80. The van der Waals surface area contributed by atoms with Crippen molar-refractivity contribution in [1.29, 1.82) is 0 Å². The topological polar surface area (TPSA) is 66.4 Å². The summed E-state index contributed by atoms with van der Waals surface area (Å²) in [5.41, 5.74) is 3.52. The van der Waals surface area contributed by atoms with E-state index in [9.17, 15) is 9.59 Å². The molecule has 0 heterocycles. The molecule has 4 heteroatoms. The molecule has 0 spiro atoms. The highest BCUT2D eigenvalue weighted by Gasteiger charge is 2.27. The molecule has 23 heavy (non-hydrogen) atoms. The lowest BCUT2D eigenvalue weighted by atomic mass is 9.99. The first-order valence-electron chi connectivity index (χ1n) is 7.79. The molecule has 0 fully saturated rings. The Morgan fingerprint density at radius 2 is 1.74 bits per heavy atom. The molecule has 4 nitrogen and oxygen atoms in total. The number of carbonyl (C=O) groups excluding carboxylic acids is 2. The van der Waals surface area contributed by atoms with E-state index in [0.29, 0.717) is 24.0 Å². The van der Waals surface area contributed by atoms with Crippen LogP contribution < -0.4 is 5.32 Å². The van der Waals surface area contributed by atoms with Crippen LogP contribution in [0.1, 0.15) is 27.0 Å². The van der Waals surface area contributed by atoms with E-state index < -0.39 is 0 Å². The molecule has 1 unspecified atom stereocenters. The van der Waals surface area contributed by atoms with Gasteiger partial charge in [0.1, 0.15) is 0 Å². The molecular weight excluding hydrogens is 290 g/mol. The number of amides is 1. The Hall–Kier alpha value is -2.46. The molecule has 118 valence electrons. The summed E-state index contributed by atoms with van der Waals surface area (Å²) >= 11 is 0. The van der Waals surface area contributed by atoms with Crippen LogP contribution >= 0.6 is 0 Å². The van der Waals surface area contributed by atoms with E-state index in [1.807, 2.05) is 36.4 Å². The van der Waals surface area contributed by atoms with Crippen LogP contribution in [0, 0.1) is 5.92 Å². The third-order valence-electron chi connectivity index (χ3n) is 4.22. The molecule has 0 radical (unpaired) electrons. The van der Waals surface area contributed by atoms with Crippen LogP contribution in [-0.2, 0) is 17.6 Å². The maximum Gasteiger partial charge on any atom is 0.223 e. The van der Waals surface area contributed by atoms with E-state index in [0.717, 1.165) is 11.1 Å². The van der Waals surface area contributed by atoms with E-state index in [1.165, 1.54) is 0 Å². The smallest absolute Gasteiger partial charge is 0.223 e. The van der Waals surface area contributed by atoms with E-state index in [2.05, 4.69) is 5.32 Å². The second-order valence-corrected chi connectivity index (χ2v) is 5.80. The number of nitrogens with one attached hydrogen (secondary N) is 1. The maximum atomic E-state index is 12.5. The zero-order valence-corrected chi connectivity index (χ0v) is 12.8. The zero-order valence-electron chi connectivity index (χ0n) is 12.8. The molecule has 2 N–H and O–H groups in total. The lowest BCUT2D eigenvalue weighted by molar-refractivity contribution is -0.124. The number of hydrogen-bond donors (Lipinski definition) is 2. The van der Waals surface area contributed by atoms with Crippen LogP contribution in [0.25, 0.3) is 0 Å². The van der Waals surface area contributed by atoms with Gasteiger partial charge in [0.25, 0.3) is 0 Å². The van der Waals surface area contributed by atoms with Crippen molar-refractivity contribution in [1.82, 2.24) is 5.32 Å². The van der Waals surface area contributed by atoms with Gasteiger partial charge < -0.3 is 10.4 Å². The van der Waals surface area contributed by atoms with Crippen molar-refractivity contribution in [3.63, 3.8) is 0 Å². The molecule has 2 aromatic rings. The summed E-state index contributed by atoms with van der Waals surface area (Å²) in [4.78, 5) is 24.5. The molecule has 1 atom stereocenters. The van der Waals surface area contributed by atoms with Crippen LogP contribution in [-0.4, -0.2) is 29.9 Å². The fourth-order valence-electron chi connectivity index (χ4n) is 3.02. The first kappa shape index (κ1) is 15.4. The summed E-state index contributed by atoms with van der Waals surface area (Å²) in [5, 5.41) is 11.5. The molecule has 2 aromatic carbocycles. The molecule has 1 amide bonds. The van der Waals surface area contributed by atoms with Gasteiger partial charge in [0.2, 0.25) is 5.91 Å². The number of benzene rings is 2. The number of aliphatic hydroxyl groups is 1. The van der Waals surface area contributed by atoms with Crippen LogP contribution in [0.2, 0.25) is 0 Å². The highest BCUT2D eigenvalue weighted by molar-refractivity contribution is 6.09. The van der Waals surface area contributed by atoms with Crippen LogP contribution in [0.15, 0.2) is 48.5 Å². The largest absolute Gasteiger partial charge is 0.395 e. The Kier molecular flexibility index (Phi) is 4.53. The molecule has 3 rings (SSSR count). The van der Waals surface area contributed by atoms with E-state index in [4.69, 9.17) is 5.11 Å². The van der Waals surface area contributed by atoms with Crippen molar-refractivity contribution in [3.8, 4) is 0 Å². The molecule has 1 aliphatic carbocycles. The summed E-state index contributed by atoms with van der Waals surface area (Å²) < 4.78 is 0. The van der Waals surface area contributed by atoms with E-state index in [-0.39, 0.29) is 30.8 Å². The molecule has 0 bridgehead atoms. The lowest BCUT2D eigenvalue weighted by Gasteiger charge is -2.08. The number of rotatable bonds is 5. The number of fused-ring (bicyclic) bond motifs is 1. The monoisotopic (exact) mass is 309 g/mol. The summed E-state index contributed by atoms with van der Waals surface area (Å²) in [7, 11) is 0. The van der Waals surface area contributed by atoms with Crippen molar-refractivity contribution in [2.75, 3.05) is 13.2 Å². The minimum atomic E-state index is -0.112. The number of ketones is 1. The molecule has 1 aliphatic rings. The first-order valence-corrected chi connectivity index (χ1v) is 7.79. The highest BCUT2D eigenvalue weighted by Crippen LogP contribution is 2.28. The van der Waals surface area contributed by atoms with Crippen molar-refractivity contribution in [3.05, 3.63) is 70.8 Å². The van der Waals surface area contributed by atoms with Gasteiger partial charge >= 0.3 is 0 Å². The third kappa shape index (κ3) is 3.32. The Balaban J connectivity index is 1.76. The summed E-state index contributed by atoms with van der Waals surface area (Å²) in [6.07, 6.45) is 1.33. The van der Waals surface area contributed by atoms with Crippen LogP contribution in [0.4, 0.5) is 0 Å². The third-order valence-corrected chi connectivity index (χ3v) is 4.22. The SMILES string of the molecule is O=C(c1ccccc1)c1ccc2c(c1)CC(C(=O)NCCO)C2. The average Bonchev–Trinajstić information content (AvgIpc) is 3.03. The van der Waals surface area contributed by atoms with Crippen LogP contribution in [0.5, 0.6) is 0 Å². The summed E-state index contributed by atoms with van der Waals surface area (Å²) in [6.45, 7) is 0.227. The van der Waals surface area contributed by atoms with Gasteiger partial charge in [-0.25, -0.2) is 0 Å². The number of hydrogen-bond acceptors (Lipinski definition) is 3. The minimum absolute atomic E-state index is 0.00146. The number of carbonyl (C=O) groups is 2. The van der Waals surface area contributed by atoms with E-state index in [1.54, 1.807) is 12.1 Å². The van der Waals surface area contributed by atoms with Gasteiger partial charge in [-0.1, -0.05) is 42.5 Å². The van der Waals surface area contributed by atoms with Crippen molar-refractivity contribution in [2.24, 2.45) is 5.92 Å². The van der Waals surface area contributed by atoms with Crippen molar-refractivity contribution in [2.45, 2.75) is 12.8 Å². The molecule has 0 aromatic heterocycles. The lowest BCUT2D eigenvalue weighted by Crippen LogP contribution is -2.33. The van der Waals surface area contributed by atoms with Gasteiger partial charge in [-0.3, -0.25) is 9.59 Å². The average molecular weight is 309 g/mol. The molecule has 0 saturated carbocycles. The molecule has 0 saturated heterocycles. The highest BCUT2D eigenvalue weighted by atomic mass is 16.3. The predicted molar refractivity (Wildman–Crippen MR) is 87.3 cm³/mol. The van der Waals surface area contributed by atoms with Gasteiger partial charge in [0.15, 0.2) is 5.78 Å². The van der Waals surface area contributed by atoms with Gasteiger partial charge in [0.05, 0.1) is 6.61 Å². The Morgan fingerprint density at radius 1 is 1.00 bits per heavy atom. The normalized spacial score (nSPS) is 16.0. The van der Waals surface area contributed by atoms with E-state index >= 15 is 0 Å². The van der Waals surface area contributed by atoms with Crippen molar-refractivity contribution >= 4 is 11.7 Å². The molecular formula is C19H19NO3. The minimum Gasteiger partial charge on any atom is -0.395 e. The molecule has 0 aliphatic heterocycles. The summed E-state index contributed by atoms with van der Waals surface area (Å²) in [6, 6.07) is 14.9. The van der Waals surface area contributed by atoms with Gasteiger partial charge in [-0.15, -0.1) is 0 Å². The van der Waals surface area contributed by atoms with Gasteiger partial charge in [-0.2, -0.15) is 0 Å². The van der Waals surface area contributed by atoms with Gasteiger partial charge in [0, 0.05) is 23.6 Å². The number of aliphatic hydroxyl groups excluding tert-OH is 1. The predicted octanol–water partition coefficient (Wildman–Crippen LogP) is 1.74. The zero-order chi connectivity index (χ0) is 16.2. The fourth-order valence-corrected chi connectivity index (χ4v) is 3.02. The van der Waals surface area contributed by atoms with Gasteiger partial charge in [-0.05, 0) is 30.0 Å². The quantitative estimate of drug-likeness (QED) is 0.827. The standard InChI is InChI=1S/C19H19NO3/c21-9-8-20-19(23)17-10-14-6-7-15(11-16(14)12-17)18(22)13-4-2-1-3-5-13/h1-7,11,17,21H,8-10,12H2,(H,20,23). The van der Waals surface area contributed by atoms with Crippen LogP contribution in [0.3, 0.4) is 0 Å². The Morgan fingerprint density at radius 3 is 2.48 bits per heavy atom. The van der Waals surface area contributed by atoms with Crippen molar-refractivity contribution < 1.29 is 14.7 Å². The fraction of sp³-hybridized carbons (Fsp3) is 0.263. The maximum absolute atomic E-state index is 12.5. The Labute approximate surface area is 135 Å². The first-order chi connectivity index (χ1) is 11.2. The summed E-state index contributed by atoms with van der Waals surface area (Å²) in [5.74, 6) is -0.147. The Bertz CT molecular complexity index is 725.